The quantitative estimate of drug-likeness (QED) is 0.575. The Balaban J connectivity index is 2.21. The molecule has 0 aliphatic heterocycles. The average Bonchev–Trinajstić information content (AvgIpc) is 2.86. The molecular formula is C12H22N6O2. The van der Waals surface area contributed by atoms with Crippen LogP contribution >= 0.6 is 0 Å². The molecule has 0 saturated carbocycles. The number of rotatable bonds is 8. The Kier molecular flexibility index (Phi) is 6.65. The fourth-order valence-corrected chi connectivity index (χ4v) is 1.48. The van der Waals surface area contributed by atoms with E-state index in [9.17, 15) is 9.59 Å². The summed E-state index contributed by atoms with van der Waals surface area (Å²) in [6.07, 6.45) is 2.77. The van der Waals surface area contributed by atoms with Crippen molar-refractivity contribution in [1.82, 2.24) is 25.6 Å². The minimum Gasteiger partial charge on any atom is -0.354 e. The molecule has 0 spiro atoms. The third-order valence-corrected chi connectivity index (χ3v) is 2.79. The highest BCUT2D eigenvalue weighted by Gasteiger charge is 2.08. The maximum absolute atomic E-state index is 11.6. The molecule has 1 rings (SSSR count). The molecule has 8 heteroatoms. The lowest BCUT2D eigenvalue weighted by Crippen LogP contribution is -2.36. The molecule has 1 heterocycles. The van der Waals surface area contributed by atoms with Gasteiger partial charge in [0.15, 0.2) is 0 Å². The van der Waals surface area contributed by atoms with Gasteiger partial charge < -0.3 is 16.4 Å². The van der Waals surface area contributed by atoms with Gasteiger partial charge >= 0.3 is 0 Å². The summed E-state index contributed by atoms with van der Waals surface area (Å²) in [5.41, 5.74) is 6.03. The topological polar surface area (TPSA) is 115 Å². The van der Waals surface area contributed by atoms with Gasteiger partial charge in [0.25, 0.3) is 0 Å². The van der Waals surface area contributed by atoms with Crippen LogP contribution in [0, 0.1) is 0 Å². The molecule has 112 valence electrons. The summed E-state index contributed by atoms with van der Waals surface area (Å²) in [4.78, 5) is 23.1. The molecular weight excluding hydrogens is 260 g/mol. The van der Waals surface area contributed by atoms with E-state index in [4.69, 9.17) is 5.73 Å². The summed E-state index contributed by atoms with van der Waals surface area (Å²) >= 11 is 0. The Labute approximate surface area is 118 Å². The number of hydrogen-bond donors (Lipinski definition) is 3. The van der Waals surface area contributed by atoms with Gasteiger partial charge in [-0.05, 0) is 13.3 Å². The fourth-order valence-electron chi connectivity index (χ4n) is 1.48. The second-order valence-electron chi connectivity index (χ2n) is 4.59. The smallest absolute Gasteiger partial charge is 0.241 e. The van der Waals surface area contributed by atoms with Gasteiger partial charge in [0.2, 0.25) is 11.8 Å². The molecule has 0 radical (unpaired) electrons. The van der Waals surface area contributed by atoms with Crippen molar-refractivity contribution in [3.05, 3.63) is 11.9 Å². The van der Waals surface area contributed by atoms with Crippen LogP contribution in [0.1, 0.15) is 32.4 Å². The number of aromatic nitrogens is 3. The molecule has 1 unspecified atom stereocenters. The first kappa shape index (κ1) is 16.1. The SMILES string of the molecule is CCC(C)NC(=O)CCNC(=O)Cn1cc(CN)nn1. The second-order valence-corrected chi connectivity index (χ2v) is 4.59. The van der Waals surface area contributed by atoms with Crippen molar-refractivity contribution in [2.45, 2.75) is 45.8 Å². The maximum atomic E-state index is 11.6. The van der Waals surface area contributed by atoms with Gasteiger partial charge in [0.1, 0.15) is 6.54 Å². The monoisotopic (exact) mass is 282 g/mol. The lowest BCUT2D eigenvalue weighted by atomic mass is 10.2. The summed E-state index contributed by atoms with van der Waals surface area (Å²) in [5, 5.41) is 13.0. The molecule has 2 amide bonds. The molecule has 0 aromatic carbocycles. The first-order valence-electron chi connectivity index (χ1n) is 6.70. The van der Waals surface area contributed by atoms with Gasteiger partial charge in [-0.1, -0.05) is 12.1 Å². The van der Waals surface area contributed by atoms with Gasteiger partial charge in [-0.3, -0.25) is 9.59 Å². The molecule has 4 N–H and O–H groups in total. The van der Waals surface area contributed by atoms with Crippen LogP contribution in [0.25, 0.3) is 0 Å². The van der Waals surface area contributed by atoms with Gasteiger partial charge in [-0.2, -0.15) is 0 Å². The molecule has 20 heavy (non-hydrogen) atoms. The van der Waals surface area contributed by atoms with Crippen molar-refractivity contribution in [3.8, 4) is 0 Å². The van der Waals surface area contributed by atoms with Gasteiger partial charge in [-0.15, -0.1) is 5.10 Å². The van der Waals surface area contributed by atoms with Crippen LogP contribution in [0.4, 0.5) is 0 Å². The standard InChI is InChI=1S/C12H22N6O2/c1-3-9(2)15-11(19)4-5-14-12(20)8-18-7-10(6-13)16-17-18/h7,9H,3-6,8,13H2,1-2H3,(H,14,20)(H,15,19). The number of hydrogen-bond acceptors (Lipinski definition) is 5. The van der Waals surface area contributed by atoms with E-state index in [0.717, 1.165) is 6.42 Å². The Morgan fingerprint density at radius 1 is 1.45 bits per heavy atom. The van der Waals surface area contributed by atoms with Crippen molar-refractivity contribution in [3.63, 3.8) is 0 Å². The largest absolute Gasteiger partial charge is 0.354 e. The zero-order valence-corrected chi connectivity index (χ0v) is 11.9. The van der Waals surface area contributed by atoms with Crippen LogP contribution in [0.5, 0.6) is 0 Å². The first-order valence-corrected chi connectivity index (χ1v) is 6.70. The van der Waals surface area contributed by atoms with E-state index >= 15 is 0 Å². The normalized spacial score (nSPS) is 11.9. The molecule has 1 aromatic heterocycles. The van der Waals surface area contributed by atoms with Crippen molar-refractivity contribution >= 4 is 11.8 Å². The molecule has 0 aliphatic rings. The van der Waals surface area contributed by atoms with Crippen molar-refractivity contribution in [2.24, 2.45) is 5.73 Å². The first-order chi connectivity index (χ1) is 9.55. The van der Waals surface area contributed by atoms with Crippen LogP contribution < -0.4 is 16.4 Å². The predicted molar refractivity (Wildman–Crippen MR) is 73.4 cm³/mol. The van der Waals surface area contributed by atoms with Crippen molar-refractivity contribution < 1.29 is 9.59 Å². The predicted octanol–water partition coefficient (Wildman–Crippen LogP) is -0.842. The van der Waals surface area contributed by atoms with Crippen LogP contribution in [0.15, 0.2) is 6.20 Å². The molecule has 0 bridgehead atoms. The Bertz CT molecular complexity index is 445. The van der Waals surface area contributed by atoms with E-state index < -0.39 is 0 Å². The molecule has 1 atom stereocenters. The van der Waals surface area contributed by atoms with E-state index in [2.05, 4.69) is 20.9 Å². The Hall–Kier alpha value is -1.96. The van der Waals surface area contributed by atoms with Crippen molar-refractivity contribution in [1.29, 1.82) is 0 Å². The minimum absolute atomic E-state index is 0.0641. The van der Waals surface area contributed by atoms with E-state index in [1.807, 2.05) is 13.8 Å². The zero-order chi connectivity index (χ0) is 15.0. The molecule has 0 aliphatic carbocycles. The van der Waals surface area contributed by atoms with E-state index in [1.165, 1.54) is 4.68 Å². The van der Waals surface area contributed by atoms with E-state index in [1.54, 1.807) is 6.20 Å². The lowest BCUT2D eigenvalue weighted by Gasteiger charge is -2.11. The summed E-state index contributed by atoms with van der Waals surface area (Å²) < 4.78 is 1.41. The second kappa shape index (κ2) is 8.26. The lowest BCUT2D eigenvalue weighted by molar-refractivity contribution is -0.123. The summed E-state index contributed by atoms with van der Waals surface area (Å²) in [6, 6.07) is 0.156. The van der Waals surface area contributed by atoms with Crippen LogP contribution in [-0.2, 0) is 22.7 Å². The highest BCUT2D eigenvalue weighted by Crippen LogP contribution is 1.91. The van der Waals surface area contributed by atoms with Gasteiger partial charge in [0, 0.05) is 25.6 Å². The third kappa shape index (κ3) is 5.79. The van der Waals surface area contributed by atoms with Crippen LogP contribution in [0.2, 0.25) is 0 Å². The summed E-state index contributed by atoms with van der Waals surface area (Å²) in [5.74, 6) is -0.277. The fraction of sp³-hybridized carbons (Fsp3) is 0.667. The van der Waals surface area contributed by atoms with Gasteiger partial charge in [-0.25, -0.2) is 4.68 Å². The number of amides is 2. The highest BCUT2D eigenvalue weighted by atomic mass is 16.2. The third-order valence-electron chi connectivity index (χ3n) is 2.79. The zero-order valence-electron chi connectivity index (χ0n) is 11.9. The Morgan fingerprint density at radius 3 is 2.80 bits per heavy atom. The Morgan fingerprint density at radius 2 is 2.20 bits per heavy atom. The molecule has 0 fully saturated rings. The molecule has 0 saturated heterocycles. The number of nitrogens with zero attached hydrogens (tertiary/aromatic N) is 3. The summed E-state index contributed by atoms with van der Waals surface area (Å²) in [6.45, 7) is 4.60. The van der Waals surface area contributed by atoms with Crippen LogP contribution in [-0.4, -0.2) is 39.4 Å². The summed E-state index contributed by atoms with van der Waals surface area (Å²) in [7, 11) is 0. The molecule has 1 aromatic rings. The highest BCUT2D eigenvalue weighted by molar-refractivity contribution is 5.78. The van der Waals surface area contributed by atoms with Crippen molar-refractivity contribution in [2.75, 3.05) is 6.54 Å². The maximum Gasteiger partial charge on any atom is 0.241 e. The van der Waals surface area contributed by atoms with Gasteiger partial charge in [0.05, 0.1) is 11.9 Å². The van der Waals surface area contributed by atoms with E-state index in [0.29, 0.717) is 12.2 Å². The number of carbonyl (C=O) groups excluding carboxylic acids is 2. The number of nitrogens with one attached hydrogen (secondary N) is 2. The number of carbonyl (C=O) groups is 2. The average molecular weight is 282 g/mol. The van der Waals surface area contributed by atoms with E-state index in [-0.39, 0.29) is 37.4 Å². The number of nitrogens with two attached hydrogens (primary N) is 1. The molecule has 8 nitrogen and oxygen atoms in total. The van der Waals surface area contributed by atoms with Crippen LogP contribution in [0.3, 0.4) is 0 Å². The minimum atomic E-state index is -0.213.